The van der Waals surface area contributed by atoms with E-state index in [2.05, 4.69) is 21.3 Å². The van der Waals surface area contributed by atoms with E-state index >= 15 is 0 Å². The Morgan fingerprint density at radius 3 is 2.41 bits per heavy atom. The Bertz CT molecular complexity index is 643. The number of carbonyl (C=O) groups excluding carboxylic acids is 1. The summed E-state index contributed by atoms with van der Waals surface area (Å²) >= 11 is 0. The van der Waals surface area contributed by atoms with Crippen molar-refractivity contribution in [2.75, 3.05) is 41.8 Å². The molecule has 1 saturated carbocycles. The number of benzene rings is 1. The number of ether oxygens (including phenoxy) is 1. The van der Waals surface area contributed by atoms with Gasteiger partial charge in [-0.3, -0.25) is 9.79 Å². The summed E-state index contributed by atoms with van der Waals surface area (Å²) in [5, 5.41) is 3.43. The molecule has 0 heterocycles. The van der Waals surface area contributed by atoms with Crippen molar-refractivity contribution < 1.29 is 9.53 Å². The SMILES string of the molecule is CN=C(NCC1(C(=O)N(C)C)CCCC1)N(C)Cc1ccccc1OC.I. The van der Waals surface area contributed by atoms with Gasteiger partial charge in [-0.05, 0) is 18.9 Å². The quantitative estimate of drug-likeness (QED) is 0.380. The van der Waals surface area contributed by atoms with Crippen molar-refractivity contribution in [3.63, 3.8) is 0 Å². The minimum Gasteiger partial charge on any atom is -0.496 e. The van der Waals surface area contributed by atoms with Gasteiger partial charge in [-0.2, -0.15) is 0 Å². The standard InChI is InChI=1S/C20H32N4O2.HI/c1-21-19(24(4)14-16-10-6-7-11-17(16)26-5)22-15-20(12-8-9-13-20)18(25)23(2)3;/h6-7,10-11H,8-9,12-15H2,1-5H3,(H,21,22);1H. The van der Waals surface area contributed by atoms with Gasteiger partial charge in [0.25, 0.3) is 0 Å². The monoisotopic (exact) mass is 488 g/mol. The van der Waals surface area contributed by atoms with Crippen LogP contribution in [0.15, 0.2) is 29.3 Å². The van der Waals surface area contributed by atoms with Crippen LogP contribution in [0.4, 0.5) is 0 Å². The van der Waals surface area contributed by atoms with Gasteiger partial charge in [0.2, 0.25) is 5.91 Å². The summed E-state index contributed by atoms with van der Waals surface area (Å²) in [7, 11) is 9.13. The molecule has 2 rings (SSSR count). The fourth-order valence-corrected chi connectivity index (χ4v) is 3.79. The van der Waals surface area contributed by atoms with E-state index in [1.807, 2.05) is 39.3 Å². The average Bonchev–Trinajstić information content (AvgIpc) is 3.12. The fourth-order valence-electron chi connectivity index (χ4n) is 3.79. The van der Waals surface area contributed by atoms with E-state index in [9.17, 15) is 4.79 Å². The molecule has 1 aliphatic rings. The van der Waals surface area contributed by atoms with Gasteiger partial charge in [0.15, 0.2) is 5.96 Å². The largest absolute Gasteiger partial charge is 0.496 e. The Balaban J connectivity index is 0.00000364. The first-order valence-corrected chi connectivity index (χ1v) is 9.19. The van der Waals surface area contributed by atoms with Crippen LogP contribution < -0.4 is 10.1 Å². The highest BCUT2D eigenvalue weighted by Crippen LogP contribution is 2.39. The molecular weight excluding hydrogens is 455 g/mol. The van der Waals surface area contributed by atoms with Crippen molar-refractivity contribution in [1.82, 2.24) is 15.1 Å². The van der Waals surface area contributed by atoms with E-state index in [0.717, 1.165) is 43.0 Å². The number of rotatable bonds is 6. The highest BCUT2D eigenvalue weighted by Gasteiger charge is 2.42. The number of carbonyl (C=O) groups is 1. The van der Waals surface area contributed by atoms with E-state index in [4.69, 9.17) is 4.74 Å². The number of hydrogen-bond donors (Lipinski definition) is 1. The molecule has 1 fully saturated rings. The predicted molar refractivity (Wildman–Crippen MR) is 121 cm³/mol. The van der Waals surface area contributed by atoms with Crippen LogP contribution in [0, 0.1) is 5.41 Å². The molecule has 1 aromatic carbocycles. The number of para-hydroxylation sites is 1. The number of nitrogens with one attached hydrogen (secondary N) is 1. The second-order valence-electron chi connectivity index (χ2n) is 7.26. The number of amides is 1. The summed E-state index contributed by atoms with van der Waals surface area (Å²) in [4.78, 5) is 20.9. The summed E-state index contributed by atoms with van der Waals surface area (Å²) in [6.07, 6.45) is 4.09. The van der Waals surface area contributed by atoms with Gasteiger partial charge < -0.3 is 19.9 Å². The van der Waals surface area contributed by atoms with Crippen molar-refractivity contribution in [2.45, 2.75) is 32.2 Å². The zero-order valence-corrected chi connectivity index (χ0v) is 19.4. The zero-order chi connectivity index (χ0) is 19.2. The van der Waals surface area contributed by atoms with Crippen LogP contribution >= 0.6 is 24.0 Å². The lowest BCUT2D eigenvalue weighted by Gasteiger charge is -2.32. The number of guanidine groups is 1. The molecule has 0 aromatic heterocycles. The summed E-state index contributed by atoms with van der Waals surface area (Å²) in [5.74, 6) is 1.86. The topological polar surface area (TPSA) is 57.2 Å². The molecule has 1 N–H and O–H groups in total. The van der Waals surface area contributed by atoms with Crippen LogP contribution in [0.5, 0.6) is 5.75 Å². The molecule has 0 atom stereocenters. The smallest absolute Gasteiger partial charge is 0.230 e. The van der Waals surface area contributed by atoms with Crippen LogP contribution in [-0.4, -0.2) is 63.5 Å². The first-order chi connectivity index (χ1) is 12.4. The molecule has 1 aliphatic carbocycles. The van der Waals surface area contributed by atoms with Gasteiger partial charge in [0.05, 0.1) is 12.5 Å². The zero-order valence-electron chi connectivity index (χ0n) is 17.1. The first-order valence-electron chi connectivity index (χ1n) is 9.19. The van der Waals surface area contributed by atoms with E-state index in [0.29, 0.717) is 13.1 Å². The molecule has 27 heavy (non-hydrogen) atoms. The third kappa shape index (κ3) is 5.73. The Kier molecular flexibility index (Phi) is 9.35. The summed E-state index contributed by atoms with van der Waals surface area (Å²) < 4.78 is 5.44. The van der Waals surface area contributed by atoms with Crippen molar-refractivity contribution in [1.29, 1.82) is 0 Å². The lowest BCUT2D eigenvalue weighted by atomic mass is 9.84. The van der Waals surface area contributed by atoms with E-state index in [1.165, 1.54) is 0 Å². The minimum absolute atomic E-state index is 0. The second-order valence-corrected chi connectivity index (χ2v) is 7.26. The summed E-state index contributed by atoms with van der Waals surface area (Å²) in [6, 6.07) is 7.98. The summed E-state index contributed by atoms with van der Waals surface area (Å²) in [6.45, 7) is 1.30. The van der Waals surface area contributed by atoms with Crippen molar-refractivity contribution in [3.05, 3.63) is 29.8 Å². The number of hydrogen-bond acceptors (Lipinski definition) is 3. The van der Waals surface area contributed by atoms with E-state index in [1.54, 1.807) is 19.1 Å². The van der Waals surface area contributed by atoms with Gasteiger partial charge in [0.1, 0.15) is 5.75 Å². The third-order valence-electron chi connectivity index (χ3n) is 5.18. The molecule has 0 radical (unpaired) electrons. The highest BCUT2D eigenvalue weighted by atomic mass is 127. The van der Waals surface area contributed by atoms with Crippen LogP contribution in [0.2, 0.25) is 0 Å². The molecule has 1 amide bonds. The lowest BCUT2D eigenvalue weighted by Crippen LogP contribution is -2.49. The van der Waals surface area contributed by atoms with Gasteiger partial charge in [-0.1, -0.05) is 31.0 Å². The summed E-state index contributed by atoms with van der Waals surface area (Å²) in [5.41, 5.74) is 0.783. The average molecular weight is 488 g/mol. The molecule has 152 valence electrons. The van der Waals surface area contributed by atoms with Crippen molar-refractivity contribution >= 4 is 35.8 Å². The normalized spacial score (nSPS) is 15.7. The van der Waals surface area contributed by atoms with E-state index < -0.39 is 0 Å². The highest BCUT2D eigenvalue weighted by molar-refractivity contribution is 14.0. The minimum atomic E-state index is -0.315. The Hall–Kier alpha value is -1.51. The predicted octanol–water partition coefficient (Wildman–Crippen LogP) is 2.97. The van der Waals surface area contributed by atoms with Crippen molar-refractivity contribution in [3.8, 4) is 5.75 Å². The fraction of sp³-hybridized carbons (Fsp3) is 0.600. The maximum absolute atomic E-state index is 12.7. The third-order valence-corrected chi connectivity index (χ3v) is 5.18. The van der Waals surface area contributed by atoms with Gasteiger partial charge in [-0.15, -0.1) is 24.0 Å². The molecule has 6 nitrogen and oxygen atoms in total. The van der Waals surface area contributed by atoms with E-state index in [-0.39, 0.29) is 35.3 Å². The Morgan fingerprint density at radius 2 is 1.85 bits per heavy atom. The van der Waals surface area contributed by atoms with Gasteiger partial charge in [0, 0.05) is 46.8 Å². The molecule has 0 bridgehead atoms. The molecule has 1 aromatic rings. The molecule has 0 spiro atoms. The number of nitrogens with zero attached hydrogens (tertiary/aromatic N) is 3. The van der Waals surface area contributed by atoms with Gasteiger partial charge in [-0.25, -0.2) is 0 Å². The van der Waals surface area contributed by atoms with Crippen molar-refractivity contribution in [2.24, 2.45) is 10.4 Å². The van der Waals surface area contributed by atoms with Crippen LogP contribution in [0.25, 0.3) is 0 Å². The lowest BCUT2D eigenvalue weighted by molar-refractivity contribution is -0.138. The Labute approximate surface area is 180 Å². The van der Waals surface area contributed by atoms with Crippen LogP contribution in [0.3, 0.4) is 0 Å². The first kappa shape index (κ1) is 23.5. The molecular formula is C20H33IN4O2. The second kappa shape index (κ2) is 10.7. The Morgan fingerprint density at radius 1 is 1.22 bits per heavy atom. The molecule has 0 unspecified atom stereocenters. The van der Waals surface area contributed by atoms with Crippen LogP contribution in [-0.2, 0) is 11.3 Å². The maximum atomic E-state index is 12.7. The van der Waals surface area contributed by atoms with Crippen LogP contribution in [0.1, 0.15) is 31.2 Å². The molecule has 7 heteroatoms. The molecule has 0 saturated heterocycles. The number of aliphatic imine (C=N–C) groups is 1. The number of halogens is 1. The number of methoxy groups -OCH3 is 1. The maximum Gasteiger partial charge on any atom is 0.230 e. The molecule has 0 aliphatic heterocycles. The van der Waals surface area contributed by atoms with Gasteiger partial charge >= 0.3 is 0 Å².